The lowest BCUT2D eigenvalue weighted by Crippen LogP contribution is -2.70. The topological polar surface area (TPSA) is 332 Å². The first-order valence-corrected chi connectivity index (χ1v) is 24.4. The van der Waals surface area contributed by atoms with Crippen molar-refractivity contribution >= 4 is 11.9 Å². The van der Waals surface area contributed by atoms with Crippen LogP contribution < -0.4 is 0 Å². The average molecular weight is 973 g/mol. The molecule has 3 saturated heterocycles. The summed E-state index contributed by atoms with van der Waals surface area (Å²) in [7, 11) is 0. The molecule has 0 radical (unpaired) electrons. The molecule has 8 aliphatic rings. The van der Waals surface area contributed by atoms with E-state index in [2.05, 4.69) is 40.7 Å². The van der Waals surface area contributed by atoms with Crippen LogP contribution in [0.1, 0.15) is 106 Å². The van der Waals surface area contributed by atoms with Crippen molar-refractivity contribution in [1.82, 2.24) is 0 Å². The molecule has 8 rings (SSSR count). The maximum atomic E-state index is 13.1. The molecule has 68 heavy (non-hydrogen) atoms. The van der Waals surface area contributed by atoms with Crippen molar-refractivity contribution < 1.29 is 99.3 Å². The largest absolute Gasteiger partial charge is 0.481 e. The third kappa shape index (κ3) is 7.94. The predicted molar refractivity (Wildman–Crippen MR) is 233 cm³/mol. The van der Waals surface area contributed by atoms with Gasteiger partial charge in [-0.25, -0.2) is 4.79 Å². The Morgan fingerprint density at radius 1 is 0.676 bits per heavy atom. The molecule has 0 bridgehead atoms. The minimum atomic E-state index is -2.15. The van der Waals surface area contributed by atoms with E-state index in [0.717, 1.165) is 19.3 Å². The number of allylic oxidation sites excluding steroid dienone is 2. The highest BCUT2D eigenvalue weighted by atomic mass is 16.8. The van der Waals surface area contributed by atoms with Gasteiger partial charge in [-0.3, -0.25) is 4.79 Å². The molecule has 20 heteroatoms. The molecule has 0 aromatic heterocycles. The van der Waals surface area contributed by atoms with Crippen LogP contribution >= 0.6 is 0 Å². The lowest BCUT2D eigenvalue weighted by atomic mass is 9.33. The van der Waals surface area contributed by atoms with Crippen molar-refractivity contribution in [1.29, 1.82) is 0 Å². The number of ether oxygens (including phenoxy) is 6. The number of hydrogen-bond donors (Lipinski definition) is 12. The molecular weight excluding hydrogens is 897 g/mol. The van der Waals surface area contributed by atoms with Gasteiger partial charge in [0.15, 0.2) is 25.0 Å². The third-order valence-electron chi connectivity index (χ3n) is 19.4. The van der Waals surface area contributed by atoms with Gasteiger partial charge >= 0.3 is 11.9 Å². The van der Waals surface area contributed by atoms with Crippen molar-refractivity contribution in [3.63, 3.8) is 0 Å². The van der Waals surface area contributed by atoms with E-state index >= 15 is 0 Å². The second-order valence-electron chi connectivity index (χ2n) is 23.5. The monoisotopic (exact) mass is 972 g/mol. The molecule has 0 spiro atoms. The van der Waals surface area contributed by atoms with Gasteiger partial charge in [0.1, 0.15) is 61.0 Å². The average Bonchev–Trinajstić information content (AvgIpc) is 3.27. The second kappa shape index (κ2) is 18.2. The quantitative estimate of drug-likeness (QED) is 0.0994. The Hall–Kier alpha value is -1.96. The number of aliphatic hydroxyl groups is 10. The zero-order chi connectivity index (χ0) is 50.0. The molecule has 7 fully saturated rings. The first-order valence-electron chi connectivity index (χ1n) is 24.4. The van der Waals surface area contributed by atoms with E-state index in [1.54, 1.807) is 6.92 Å². The Bertz CT molecular complexity index is 1920. The van der Waals surface area contributed by atoms with Crippen LogP contribution in [0.2, 0.25) is 0 Å². The van der Waals surface area contributed by atoms with Crippen LogP contribution in [-0.4, -0.2) is 191 Å². The standard InChI is InChI=1S/C48H76O20/c1-20-27(52)29(54)30(55)39(63-20)65-34-28(53)24(18-49)64-40(32(34)57)66-35-31(56)36(38(59)60)67-41(33(35)58)68-37-23(51)17-44(4)25(45(37,5)19-50)10-11-47(7)26(44)9-8-21-22-16-43(2,3)12-14-48(22,42(61)62)15-13-46(21,47)6/h8,20,22-37,39-41,49-58H,9-19H2,1-7H3,(H,59,60)(H,61,62)/t20-,22-,23-,24+,25+,26+,27-,28-,29+,30+,31-,32+,33+,34-,35-,36-,37-,39-,40-,41-,44-,45-,46+,47+,48-/m0/s1. The van der Waals surface area contributed by atoms with Crippen LogP contribution in [0.25, 0.3) is 0 Å². The van der Waals surface area contributed by atoms with Crippen LogP contribution in [-0.2, 0) is 38.0 Å². The van der Waals surface area contributed by atoms with Gasteiger partial charge in [0.25, 0.3) is 0 Å². The molecular formula is C48H76O20. The van der Waals surface area contributed by atoms with Crippen LogP contribution in [0.3, 0.4) is 0 Å². The molecule has 25 atom stereocenters. The number of aliphatic hydroxyl groups excluding tert-OH is 10. The van der Waals surface area contributed by atoms with Crippen LogP contribution in [0.4, 0.5) is 0 Å². The first-order chi connectivity index (χ1) is 31.7. The number of aliphatic carboxylic acids is 2. The van der Waals surface area contributed by atoms with Crippen molar-refractivity contribution in [3.8, 4) is 0 Å². The van der Waals surface area contributed by atoms with Crippen LogP contribution in [0.15, 0.2) is 11.6 Å². The van der Waals surface area contributed by atoms with Crippen molar-refractivity contribution in [2.75, 3.05) is 13.2 Å². The molecule has 12 N–H and O–H groups in total. The number of carboxylic acids is 2. The fourth-order valence-corrected chi connectivity index (χ4v) is 15.2. The lowest BCUT2D eigenvalue weighted by molar-refractivity contribution is -0.384. The van der Waals surface area contributed by atoms with Gasteiger partial charge in [-0.05, 0) is 104 Å². The minimum Gasteiger partial charge on any atom is -0.481 e. The molecule has 0 aromatic rings. The summed E-state index contributed by atoms with van der Waals surface area (Å²) >= 11 is 0. The highest BCUT2D eigenvalue weighted by molar-refractivity contribution is 5.76. The first kappa shape index (κ1) is 52.4. The Balaban J connectivity index is 1.04. The van der Waals surface area contributed by atoms with E-state index in [4.69, 9.17) is 28.4 Å². The van der Waals surface area contributed by atoms with Gasteiger partial charge in [-0.2, -0.15) is 0 Å². The summed E-state index contributed by atoms with van der Waals surface area (Å²) in [5.41, 5.74) is -2.02. The van der Waals surface area contributed by atoms with Gasteiger partial charge in [-0.1, -0.05) is 53.2 Å². The molecule has 3 heterocycles. The van der Waals surface area contributed by atoms with Gasteiger partial charge in [0.2, 0.25) is 0 Å². The molecule has 4 saturated carbocycles. The molecule has 0 amide bonds. The van der Waals surface area contributed by atoms with Crippen molar-refractivity contribution in [3.05, 3.63) is 11.6 Å². The smallest absolute Gasteiger partial charge is 0.335 e. The fraction of sp³-hybridized carbons (Fsp3) is 0.917. The predicted octanol–water partition coefficient (Wildman–Crippen LogP) is -0.231. The van der Waals surface area contributed by atoms with Gasteiger partial charge in [-0.15, -0.1) is 0 Å². The molecule has 5 aliphatic carbocycles. The second-order valence-corrected chi connectivity index (χ2v) is 23.5. The third-order valence-corrected chi connectivity index (χ3v) is 19.4. The van der Waals surface area contributed by atoms with Crippen LogP contribution in [0.5, 0.6) is 0 Å². The van der Waals surface area contributed by atoms with E-state index in [1.165, 1.54) is 12.5 Å². The number of hydrogen-bond acceptors (Lipinski definition) is 18. The Morgan fingerprint density at radius 2 is 1.28 bits per heavy atom. The molecule has 0 aromatic carbocycles. The highest BCUT2D eigenvalue weighted by Crippen LogP contribution is 2.76. The van der Waals surface area contributed by atoms with E-state index < -0.39 is 146 Å². The van der Waals surface area contributed by atoms with Crippen molar-refractivity contribution in [2.24, 2.45) is 50.2 Å². The number of carboxylic acid groups (broad SMARTS) is 2. The maximum Gasteiger partial charge on any atom is 0.335 e. The summed E-state index contributed by atoms with van der Waals surface area (Å²) in [4.78, 5) is 25.8. The fourth-order valence-electron chi connectivity index (χ4n) is 15.2. The van der Waals surface area contributed by atoms with Crippen LogP contribution in [0, 0.1) is 50.2 Å². The van der Waals surface area contributed by atoms with E-state index in [1.807, 2.05) is 0 Å². The number of carbonyl (C=O) groups is 2. The van der Waals surface area contributed by atoms with Gasteiger partial charge in [0, 0.05) is 5.41 Å². The SMILES string of the molecule is C[C@@H]1O[C@@H](O[C@H]2[C@@H](O)[C@@H](CO)O[C@@H](O[C@@H]3[C@@H](O)[C@H](O[C@H]4[C@@H](O)C[C@@]5(C)[C@@H](CC[C@]6(C)[C@@H]5CC=C5[C@@H]7CC(C)(C)CC[C@]7(C(=O)O)CC[C@]56C)[C@]4(C)CO)O[C@H](C(=O)O)[C@H]3O)[C@@H]2O)[C@H](O)[C@H](O)[C@H]1O. The zero-order valence-electron chi connectivity index (χ0n) is 40.0. The Kier molecular flexibility index (Phi) is 14.0. The zero-order valence-corrected chi connectivity index (χ0v) is 40.0. The normalized spacial score (nSPS) is 54.6. The Labute approximate surface area is 396 Å². The number of fused-ring (bicyclic) bond motifs is 7. The van der Waals surface area contributed by atoms with Gasteiger partial charge < -0.3 is 89.7 Å². The summed E-state index contributed by atoms with van der Waals surface area (Å²) in [6.45, 7) is 13.0. The van der Waals surface area contributed by atoms with Gasteiger partial charge in [0.05, 0.1) is 36.9 Å². The minimum absolute atomic E-state index is 0.00253. The summed E-state index contributed by atoms with van der Waals surface area (Å²) in [6, 6.07) is 0. The molecule has 20 nitrogen and oxygen atoms in total. The van der Waals surface area contributed by atoms with E-state index in [9.17, 15) is 70.9 Å². The maximum absolute atomic E-state index is 13.1. The van der Waals surface area contributed by atoms with E-state index in [-0.39, 0.29) is 40.4 Å². The van der Waals surface area contributed by atoms with Crippen molar-refractivity contribution in [2.45, 2.75) is 211 Å². The molecule has 3 aliphatic heterocycles. The number of rotatable bonds is 10. The highest BCUT2D eigenvalue weighted by Gasteiger charge is 2.71. The summed E-state index contributed by atoms with van der Waals surface area (Å²) in [6.07, 6.45) is -21.8. The molecule has 0 unspecified atom stereocenters. The summed E-state index contributed by atoms with van der Waals surface area (Å²) in [5.74, 6) is -2.79. The Morgan fingerprint density at radius 3 is 1.88 bits per heavy atom. The van der Waals surface area contributed by atoms with E-state index in [0.29, 0.717) is 32.1 Å². The summed E-state index contributed by atoms with van der Waals surface area (Å²) in [5, 5.41) is 132. The summed E-state index contributed by atoms with van der Waals surface area (Å²) < 4.78 is 34.8. The lowest BCUT2D eigenvalue weighted by Gasteiger charge is -2.71. The molecule has 388 valence electrons.